The second kappa shape index (κ2) is 10.9. The van der Waals surface area contributed by atoms with Gasteiger partial charge < -0.3 is 4.57 Å². The first-order valence-electron chi connectivity index (χ1n) is 13.5. The van der Waals surface area contributed by atoms with E-state index in [0.29, 0.717) is 11.3 Å². The fraction of sp³-hybridized carbons (Fsp3) is 0.548. The first-order valence-corrected chi connectivity index (χ1v) is 13.5. The molecule has 0 N–H and O–H groups in total. The molecular weight excluding hydrogens is 414 g/mol. The molecule has 0 fully saturated rings. The molecule has 0 saturated heterocycles. The minimum Gasteiger partial charge on any atom is -0.306 e. The van der Waals surface area contributed by atoms with Gasteiger partial charge in [0.25, 0.3) is 0 Å². The van der Waals surface area contributed by atoms with Crippen molar-refractivity contribution in [1.82, 2.24) is 14.5 Å². The molecule has 1 aliphatic carbocycles. The molecule has 0 radical (unpaired) electrons. The third-order valence-electron chi connectivity index (χ3n) is 8.03. The zero-order valence-electron chi connectivity index (χ0n) is 21.9. The number of allylic oxidation sites excluding steroid dienone is 4. The molecule has 1 aliphatic rings. The fourth-order valence-corrected chi connectivity index (χ4v) is 6.01. The van der Waals surface area contributed by atoms with Crippen molar-refractivity contribution in [1.29, 1.82) is 0 Å². The van der Waals surface area contributed by atoms with Crippen LogP contribution in [0.1, 0.15) is 86.0 Å². The molecule has 3 unspecified atom stereocenters. The number of hydrogen-bond donors (Lipinski definition) is 0. The number of pyridine rings is 2. The summed E-state index contributed by atoms with van der Waals surface area (Å²) in [4.78, 5) is 8.86. The van der Waals surface area contributed by atoms with Crippen LogP contribution < -0.4 is 0 Å². The number of nitrogens with zero attached hydrogens (tertiary/aromatic N) is 3. The Bertz CT molecular complexity index is 1100. The van der Waals surface area contributed by atoms with Gasteiger partial charge >= 0.3 is 0 Å². The van der Waals surface area contributed by atoms with E-state index in [1.807, 2.05) is 24.8 Å². The molecule has 3 aromatic heterocycles. The second-order valence-corrected chi connectivity index (χ2v) is 11.3. The van der Waals surface area contributed by atoms with Crippen LogP contribution in [0.15, 0.2) is 55.1 Å². The van der Waals surface area contributed by atoms with Gasteiger partial charge in [-0.25, -0.2) is 0 Å². The molecule has 3 aromatic rings. The van der Waals surface area contributed by atoms with Gasteiger partial charge in [0, 0.05) is 28.9 Å². The van der Waals surface area contributed by atoms with Crippen molar-refractivity contribution in [2.45, 2.75) is 86.0 Å². The van der Waals surface area contributed by atoms with E-state index in [0.717, 1.165) is 29.3 Å². The minimum atomic E-state index is 0.406. The Morgan fingerprint density at radius 1 is 1.00 bits per heavy atom. The lowest BCUT2D eigenvalue weighted by Gasteiger charge is -2.38. The van der Waals surface area contributed by atoms with Crippen LogP contribution in [0, 0.1) is 23.2 Å². The SMILES string of the molecule is CCCCC(C)C(CC(C)(C)CCCC)C1C=CC(n2c3cnccc3c3ccncc32)=CC1. The fourth-order valence-electron chi connectivity index (χ4n) is 6.01. The highest BCUT2D eigenvalue weighted by atomic mass is 15.0. The Labute approximate surface area is 206 Å². The molecule has 3 nitrogen and oxygen atoms in total. The summed E-state index contributed by atoms with van der Waals surface area (Å²) >= 11 is 0. The highest BCUT2D eigenvalue weighted by Crippen LogP contribution is 2.42. The molecule has 0 aromatic carbocycles. The largest absolute Gasteiger partial charge is 0.306 e. The average molecular weight is 458 g/mol. The summed E-state index contributed by atoms with van der Waals surface area (Å²) < 4.78 is 2.35. The van der Waals surface area contributed by atoms with Crippen molar-refractivity contribution in [3.8, 4) is 0 Å². The summed E-state index contributed by atoms with van der Waals surface area (Å²) in [6.45, 7) is 12.1. The lowest BCUT2D eigenvalue weighted by atomic mass is 9.68. The maximum absolute atomic E-state index is 4.43. The molecule has 0 spiro atoms. The van der Waals surface area contributed by atoms with Crippen molar-refractivity contribution in [2.75, 3.05) is 0 Å². The van der Waals surface area contributed by atoms with E-state index < -0.39 is 0 Å². The molecule has 0 amide bonds. The van der Waals surface area contributed by atoms with Crippen LogP contribution in [0.25, 0.3) is 27.5 Å². The van der Waals surface area contributed by atoms with Gasteiger partial charge in [0.05, 0.1) is 23.4 Å². The summed E-state index contributed by atoms with van der Waals surface area (Å²) in [5.41, 5.74) is 3.98. The minimum absolute atomic E-state index is 0.406. The van der Waals surface area contributed by atoms with E-state index in [2.05, 4.69) is 79.5 Å². The van der Waals surface area contributed by atoms with E-state index in [1.165, 1.54) is 61.4 Å². The standard InChI is InChI=1S/C31H43N3/c1-6-8-10-23(3)28(20-31(4,5)17-9-7-2)24-11-13-25(14-12-24)34-29-21-32-18-15-26(29)27-16-19-33-22-30(27)34/h11,13-16,18-19,21-24,28H,6-10,12,17,20H2,1-5H3. The summed E-state index contributed by atoms with van der Waals surface area (Å²) in [6, 6.07) is 4.24. The van der Waals surface area contributed by atoms with Gasteiger partial charge in [-0.3, -0.25) is 9.97 Å². The predicted molar refractivity (Wildman–Crippen MR) is 147 cm³/mol. The molecular formula is C31H43N3. The molecule has 182 valence electrons. The van der Waals surface area contributed by atoms with E-state index in [4.69, 9.17) is 0 Å². The highest BCUT2D eigenvalue weighted by molar-refractivity contribution is 6.09. The molecule has 3 atom stereocenters. The van der Waals surface area contributed by atoms with Gasteiger partial charge in [-0.1, -0.05) is 78.9 Å². The van der Waals surface area contributed by atoms with Crippen molar-refractivity contribution >= 4 is 27.5 Å². The third-order valence-corrected chi connectivity index (χ3v) is 8.03. The van der Waals surface area contributed by atoms with Gasteiger partial charge in [-0.15, -0.1) is 0 Å². The van der Waals surface area contributed by atoms with Gasteiger partial charge in [0.15, 0.2) is 0 Å². The van der Waals surface area contributed by atoms with Gasteiger partial charge in [0.2, 0.25) is 0 Å². The van der Waals surface area contributed by atoms with Crippen LogP contribution in [0.3, 0.4) is 0 Å². The van der Waals surface area contributed by atoms with E-state index in [-0.39, 0.29) is 0 Å². The monoisotopic (exact) mass is 457 g/mol. The summed E-state index contributed by atoms with van der Waals surface area (Å²) in [7, 11) is 0. The molecule has 0 aliphatic heterocycles. The van der Waals surface area contributed by atoms with E-state index >= 15 is 0 Å². The smallest absolute Gasteiger partial charge is 0.0724 e. The summed E-state index contributed by atoms with van der Waals surface area (Å²) in [6.07, 6.45) is 25.4. The van der Waals surface area contributed by atoms with Crippen LogP contribution >= 0.6 is 0 Å². The molecule has 3 heteroatoms. The van der Waals surface area contributed by atoms with E-state index in [1.54, 1.807) is 0 Å². The average Bonchev–Trinajstić information content (AvgIpc) is 3.19. The quantitative estimate of drug-likeness (QED) is 0.287. The Morgan fingerprint density at radius 2 is 1.65 bits per heavy atom. The van der Waals surface area contributed by atoms with Crippen molar-refractivity contribution < 1.29 is 0 Å². The van der Waals surface area contributed by atoms with E-state index in [9.17, 15) is 0 Å². The van der Waals surface area contributed by atoms with Gasteiger partial charge in [0.1, 0.15) is 0 Å². The maximum atomic E-state index is 4.43. The van der Waals surface area contributed by atoms with Crippen molar-refractivity contribution in [3.05, 3.63) is 55.1 Å². The third kappa shape index (κ3) is 5.29. The van der Waals surface area contributed by atoms with Gasteiger partial charge in [-0.2, -0.15) is 0 Å². The molecule has 0 bridgehead atoms. The number of unbranched alkanes of at least 4 members (excludes halogenated alkanes) is 2. The number of aromatic nitrogens is 3. The predicted octanol–water partition coefficient (Wildman–Crippen LogP) is 9.05. The van der Waals surface area contributed by atoms with Crippen molar-refractivity contribution in [2.24, 2.45) is 23.2 Å². The second-order valence-electron chi connectivity index (χ2n) is 11.3. The molecule has 0 saturated carbocycles. The zero-order chi connectivity index (χ0) is 24.1. The van der Waals surface area contributed by atoms with Crippen molar-refractivity contribution in [3.63, 3.8) is 0 Å². The maximum Gasteiger partial charge on any atom is 0.0724 e. The zero-order valence-corrected chi connectivity index (χ0v) is 21.9. The van der Waals surface area contributed by atoms with Crippen LogP contribution in [0.5, 0.6) is 0 Å². The molecule has 3 heterocycles. The first kappa shape index (κ1) is 24.7. The van der Waals surface area contributed by atoms with Crippen LogP contribution in [0.4, 0.5) is 0 Å². The molecule has 34 heavy (non-hydrogen) atoms. The number of fused-ring (bicyclic) bond motifs is 3. The first-order chi connectivity index (χ1) is 16.4. The van der Waals surface area contributed by atoms with Crippen LogP contribution in [-0.2, 0) is 0 Å². The topological polar surface area (TPSA) is 30.7 Å². The molecule has 4 rings (SSSR count). The Balaban J connectivity index is 1.61. The number of rotatable bonds is 11. The lowest BCUT2D eigenvalue weighted by Crippen LogP contribution is -2.28. The Kier molecular flexibility index (Phi) is 7.91. The number of hydrogen-bond acceptors (Lipinski definition) is 2. The Morgan fingerprint density at radius 3 is 2.21 bits per heavy atom. The van der Waals surface area contributed by atoms with Gasteiger partial charge in [-0.05, 0) is 60.6 Å². The van der Waals surface area contributed by atoms with Crippen LogP contribution in [0.2, 0.25) is 0 Å². The Hall–Kier alpha value is -2.42. The summed E-state index contributed by atoms with van der Waals surface area (Å²) in [5, 5.41) is 2.49. The lowest BCUT2D eigenvalue weighted by molar-refractivity contribution is 0.155. The van der Waals surface area contributed by atoms with Crippen LogP contribution in [-0.4, -0.2) is 14.5 Å². The highest BCUT2D eigenvalue weighted by Gasteiger charge is 2.31. The normalized spacial score (nSPS) is 18.4. The summed E-state index contributed by atoms with van der Waals surface area (Å²) in [5.74, 6) is 2.10.